The third kappa shape index (κ3) is 3.41. The first kappa shape index (κ1) is 12.4. The lowest BCUT2D eigenvalue weighted by Gasteiger charge is -2.07. The predicted molar refractivity (Wildman–Crippen MR) is 62.6 cm³/mol. The number of hydrogen-bond donors (Lipinski definition) is 1. The van der Waals surface area contributed by atoms with Gasteiger partial charge in [0, 0.05) is 22.2 Å². The molecule has 0 fully saturated rings. The molecule has 0 aromatic heterocycles. The summed E-state index contributed by atoms with van der Waals surface area (Å²) in [4.78, 5) is 12.2. The van der Waals surface area contributed by atoms with Gasteiger partial charge in [-0.3, -0.25) is 0 Å². The van der Waals surface area contributed by atoms with Gasteiger partial charge in [-0.05, 0) is 18.2 Å². The number of benzene rings is 1. The number of methoxy groups -OCH3 is 1. The number of nitrogens with two attached hydrogens (primary N) is 1. The summed E-state index contributed by atoms with van der Waals surface area (Å²) in [5.74, 6) is 0.385. The second-order valence-electron chi connectivity index (χ2n) is 2.77. The summed E-state index contributed by atoms with van der Waals surface area (Å²) >= 11 is 7.34. The molecule has 1 aromatic carbocycles. The highest BCUT2D eigenvalue weighted by Crippen LogP contribution is 2.26. The van der Waals surface area contributed by atoms with Crippen LogP contribution in [0.25, 0.3) is 0 Å². The Morgan fingerprint density at radius 2 is 2.33 bits per heavy atom. The molecule has 0 spiro atoms. The number of thioether (sulfide) groups is 1. The van der Waals surface area contributed by atoms with Crippen molar-refractivity contribution >= 4 is 29.3 Å². The average molecular weight is 246 g/mol. The van der Waals surface area contributed by atoms with Crippen LogP contribution in [0.1, 0.15) is 10.4 Å². The largest absolute Gasteiger partial charge is 0.465 e. The van der Waals surface area contributed by atoms with E-state index in [1.807, 2.05) is 0 Å². The first-order valence-corrected chi connectivity index (χ1v) is 5.76. The van der Waals surface area contributed by atoms with E-state index in [0.717, 1.165) is 10.6 Å². The van der Waals surface area contributed by atoms with Gasteiger partial charge in [0.1, 0.15) is 0 Å². The van der Waals surface area contributed by atoms with Gasteiger partial charge in [0.05, 0.1) is 12.7 Å². The van der Waals surface area contributed by atoms with Crippen LogP contribution in [0.4, 0.5) is 0 Å². The molecule has 1 aromatic rings. The van der Waals surface area contributed by atoms with Crippen LogP contribution in [0.2, 0.25) is 5.02 Å². The Bertz CT molecular complexity index is 357. The number of rotatable bonds is 4. The maximum Gasteiger partial charge on any atom is 0.338 e. The smallest absolute Gasteiger partial charge is 0.338 e. The molecular formula is C10H12ClNO2S. The van der Waals surface area contributed by atoms with Crippen molar-refractivity contribution in [2.75, 3.05) is 19.4 Å². The quantitative estimate of drug-likeness (QED) is 0.653. The van der Waals surface area contributed by atoms with E-state index in [4.69, 9.17) is 17.3 Å². The van der Waals surface area contributed by atoms with Crippen molar-refractivity contribution in [3.05, 3.63) is 28.8 Å². The zero-order chi connectivity index (χ0) is 11.3. The van der Waals surface area contributed by atoms with E-state index >= 15 is 0 Å². The fourth-order valence-corrected chi connectivity index (χ4v) is 2.15. The fraction of sp³-hybridized carbons (Fsp3) is 0.300. The molecule has 0 aliphatic carbocycles. The van der Waals surface area contributed by atoms with Crippen LogP contribution in [-0.4, -0.2) is 25.4 Å². The minimum atomic E-state index is -0.355. The topological polar surface area (TPSA) is 52.3 Å². The molecule has 15 heavy (non-hydrogen) atoms. The lowest BCUT2D eigenvalue weighted by atomic mass is 10.2. The van der Waals surface area contributed by atoms with Crippen LogP contribution >= 0.6 is 23.4 Å². The Kier molecular flexibility index (Phi) is 4.94. The summed E-state index contributed by atoms with van der Waals surface area (Å²) < 4.78 is 4.67. The Balaban J connectivity index is 2.97. The van der Waals surface area contributed by atoms with Gasteiger partial charge in [0.2, 0.25) is 0 Å². The van der Waals surface area contributed by atoms with E-state index in [2.05, 4.69) is 4.74 Å². The molecule has 2 N–H and O–H groups in total. The van der Waals surface area contributed by atoms with Crippen molar-refractivity contribution in [2.24, 2.45) is 5.73 Å². The van der Waals surface area contributed by atoms with Gasteiger partial charge in [0.15, 0.2) is 0 Å². The minimum Gasteiger partial charge on any atom is -0.465 e. The SMILES string of the molecule is COC(=O)c1ccc(Cl)cc1SCCN. The van der Waals surface area contributed by atoms with E-state index in [0.29, 0.717) is 17.1 Å². The lowest BCUT2D eigenvalue weighted by Crippen LogP contribution is -2.05. The van der Waals surface area contributed by atoms with Gasteiger partial charge in [-0.15, -0.1) is 11.8 Å². The third-order valence-electron chi connectivity index (χ3n) is 1.72. The van der Waals surface area contributed by atoms with Gasteiger partial charge in [0.25, 0.3) is 0 Å². The van der Waals surface area contributed by atoms with Gasteiger partial charge in [-0.2, -0.15) is 0 Å². The average Bonchev–Trinajstić information content (AvgIpc) is 2.25. The van der Waals surface area contributed by atoms with Gasteiger partial charge in [-0.1, -0.05) is 11.6 Å². The Morgan fingerprint density at radius 1 is 1.60 bits per heavy atom. The molecule has 0 amide bonds. The molecule has 82 valence electrons. The zero-order valence-electron chi connectivity index (χ0n) is 8.33. The van der Waals surface area contributed by atoms with Crippen LogP contribution in [-0.2, 0) is 4.74 Å². The maximum atomic E-state index is 11.4. The number of carbonyl (C=O) groups is 1. The van der Waals surface area contributed by atoms with E-state index in [1.54, 1.807) is 18.2 Å². The van der Waals surface area contributed by atoms with Crippen LogP contribution in [0.5, 0.6) is 0 Å². The van der Waals surface area contributed by atoms with Crippen molar-refractivity contribution in [2.45, 2.75) is 4.90 Å². The van der Waals surface area contributed by atoms with Gasteiger partial charge in [-0.25, -0.2) is 4.79 Å². The van der Waals surface area contributed by atoms with Gasteiger partial charge >= 0.3 is 5.97 Å². The molecule has 0 aliphatic rings. The fourth-order valence-electron chi connectivity index (χ4n) is 1.06. The molecule has 0 heterocycles. The van der Waals surface area contributed by atoms with Crippen LogP contribution in [0.3, 0.4) is 0 Å². The van der Waals surface area contributed by atoms with Crippen molar-refractivity contribution in [3.8, 4) is 0 Å². The highest BCUT2D eigenvalue weighted by Gasteiger charge is 2.12. The Labute approximate surface area is 97.9 Å². The number of ether oxygens (including phenoxy) is 1. The molecule has 0 saturated heterocycles. The first-order valence-electron chi connectivity index (χ1n) is 4.39. The molecule has 1 rings (SSSR count). The summed E-state index contributed by atoms with van der Waals surface area (Å²) in [7, 11) is 1.36. The van der Waals surface area contributed by atoms with Crippen molar-refractivity contribution in [1.29, 1.82) is 0 Å². The zero-order valence-corrected chi connectivity index (χ0v) is 9.90. The summed E-state index contributed by atoms with van der Waals surface area (Å²) in [5, 5.41) is 0.599. The first-order chi connectivity index (χ1) is 7.19. The van der Waals surface area contributed by atoms with Crippen LogP contribution in [0.15, 0.2) is 23.1 Å². The summed E-state index contributed by atoms with van der Waals surface area (Å²) in [6.07, 6.45) is 0. The van der Waals surface area contributed by atoms with Crippen LogP contribution in [0, 0.1) is 0 Å². The number of carbonyl (C=O) groups excluding carboxylic acids is 1. The number of esters is 1. The normalized spacial score (nSPS) is 10.1. The molecule has 0 bridgehead atoms. The lowest BCUT2D eigenvalue weighted by molar-refractivity contribution is 0.0597. The predicted octanol–water partition coefficient (Wildman–Crippen LogP) is 2.18. The molecule has 0 radical (unpaired) electrons. The van der Waals surface area contributed by atoms with E-state index < -0.39 is 0 Å². The summed E-state index contributed by atoms with van der Waals surface area (Å²) in [6.45, 7) is 0.553. The minimum absolute atomic E-state index is 0.355. The van der Waals surface area contributed by atoms with E-state index in [9.17, 15) is 4.79 Å². The molecule has 0 aliphatic heterocycles. The Morgan fingerprint density at radius 3 is 2.93 bits per heavy atom. The molecule has 0 saturated carbocycles. The third-order valence-corrected chi connectivity index (χ3v) is 3.05. The van der Waals surface area contributed by atoms with Crippen molar-refractivity contribution in [1.82, 2.24) is 0 Å². The highest BCUT2D eigenvalue weighted by atomic mass is 35.5. The molecule has 5 heteroatoms. The van der Waals surface area contributed by atoms with Gasteiger partial charge < -0.3 is 10.5 Å². The molecule has 0 unspecified atom stereocenters. The van der Waals surface area contributed by atoms with Crippen molar-refractivity contribution < 1.29 is 9.53 Å². The summed E-state index contributed by atoms with van der Waals surface area (Å²) in [6, 6.07) is 5.07. The highest BCUT2D eigenvalue weighted by molar-refractivity contribution is 7.99. The Hall–Kier alpha value is -0.710. The van der Waals surface area contributed by atoms with E-state index in [1.165, 1.54) is 18.9 Å². The monoisotopic (exact) mass is 245 g/mol. The number of hydrogen-bond acceptors (Lipinski definition) is 4. The van der Waals surface area contributed by atoms with E-state index in [-0.39, 0.29) is 5.97 Å². The maximum absolute atomic E-state index is 11.4. The molecule has 3 nitrogen and oxygen atoms in total. The molecule has 0 atom stereocenters. The molecular weight excluding hydrogens is 234 g/mol. The second kappa shape index (κ2) is 6.00. The standard InChI is InChI=1S/C10H12ClNO2S/c1-14-10(13)8-3-2-7(11)6-9(8)15-5-4-12/h2-3,6H,4-5,12H2,1H3. The van der Waals surface area contributed by atoms with Crippen LogP contribution < -0.4 is 5.73 Å². The van der Waals surface area contributed by atoms with Crippen molar-refractivity contribution in [3.63, 3.8) is 0 Å². The summed E-state index contributed by atoms with van der Waals surface area (Å²) in [5.41, 5.74) is 5.93. The second-order valence-corrected chi connectivity index (χ2v) is 4.34. The number of halogens is 1.